The number of carbonyl (C=O) groups excluding carboxylic acids is 1. The van der Waals surface area contributed by atoms with Crippen molar-refractivity contribution in [2.45, 2.75) is 12.8 Å². The molecule has 5 nitrogen and oxygen atoms in total. The topological polar surface area (TPSA) is 78.2 Å². The van der Waals surface area contributed by atoms with Crippen molar-refractivity contribution in [3.05, 3.63) is 64.4 Å². The molecule has 2 N–H and O–H groups in total. The fraction of sp³-hybridized carbons (Fsp3) is 0.125. The Morgan fingerprint density at radius 1 is 1.23 bits per heavy atom. The van der Waals surface area contributed by atoms with Crippen molar-refractivity contribution in [2.75, 3.05) is 5.73 Å². The summed E-state index contributed by atoms with van der Waals surface area (Å²) in [5.41, 5.74) is 7.40. The lowest BCUT2D eigenvalue weighted by atomic mass is 10.1. The van der Waals surface area contributed by atoms with Crippen LogP contribution in [0.4, 0.5) is 10.1 Å². The zero-order chi connectivity index (χ0) is 15.7. The van der Waals surface area contributed by atoms with Gasteiger partial charge < -0.3 is 10.2 Å². The molecular formula is C16H13FN2O3. The normalized spacial score (nSPS) is 11.0. The van der Waals surface area contributed by atoms with Crippen LogP contribution in [0, 0.1) is 5.82 Å². The van der Waals surface area contributed by atoms with Crippen LogP contribution in [-0.2, 0) is 6.42 Å². The number of rotatable bonds is 3. The molecule has 0 radical (unpaired) electrons. The first kappa shape index (κ1) is 14.1. The molecule has 0 aliphatic heterocycles. The van der Waals surface area contributed by atoms with Crippen LogP contribution < -0.4 is 11.5 Å². The smallest absolute Gasteiger partial charge is 0.407 e. The van der Waals surface area contributed by atoms with Gasteiger partial charge in [-0.05, 0) is 36.2 Å². The van der Waals surface area contributed by atoms with E-state index >= 15 is 0 Å². The summed E-state index contributed by atoms with van der Waals surface area (Å²) in [5.74, 6) is -1.51. The lowest BCUT2D eigenvalue weighted by Crippen LogP contribution is -2.22. The highest BCUT2D eigenvalue weighted by atomic mass is 19.1. The van der Waals surface area contributed by atoms with E-state index in [0.717, 1.165) is 4.57 Å². The van der Waals surface area contributed by atoms with Gasteiger partial charge in [0, 0.05) is 18.2 Å². The number of nitrogen functional groups attached to an aromatic ring is 1. The summed E-state index contributed by atoms with van der Waals surface area (Å²) in [6, 6.07) is 10.7. The third-order valence-electron chi connectivity index (χ3n) is 3.37. The highest BCUT2D eigenvalue weighted by Crippen LogP contribution is 2.17. The van der Waals surface area contributed by atoms with Crippen LogP contribution in [0.5, 0.6) is 0 Å². The second kappa shape index (κ2) is 5.48. The number of nitrogens with two attached hydrogens (primary N) is 1. The molecule has 22 heavy (non-hydrogen) atoms. The number of aryl methyl sites for hydroxylation is 1. The minimum atomic E-state index is -0.746. The number of carbonyl (C=O) groups is 1. The van der Waals surface area contributed by atoms with E-state index in [1.54, 1.807) is 24.3 Å². The Labute approximate surface area is 124 Å². The standard InChI is InChI=1S/C16H13FN2O3/c17-11-3-1-2-10(8-11)4-7-15(20)19-13-6-5-12(18)9-14(13)22-16(19)21/h1-3,5-6,8-9H,4,7,18H2. The average molecular weight is 300 g/mol. The van der Waals surface area contributed by atoms with Gasteiger partial charge in [0.05, 0.1) is 5.52 Å². The van der Waals surface area contributed by atoms with Crippen LogP contribution in [0.15, 0.2) is 51.7 Å². The van der Waals surface area contributed by atoms with Gasteiger partial charge in [-0.1, -0.05) is 12.1 Å². The zero-order valence-corrected chi connectivity index (χ0v) is 11.6. The van der Waals surface area contributed by atoms with Gasteiger partial charge in [0.1, 0.15) is 5.82 Å². The van der Waals surface area contributed by atoms with E-state index in [0.29, 0.717) is 23.2 Å². The van der Waals surface area contributed by atoms with E-state index in [9.17, 15) is 14.0 Å². The van der Waals surface area contributed by atoms with Gasteiger partial charge in [0.2, 0.25) is 5.91 Å². The molecule has 2 aromatic carbocycles. The van der Waals surface area contributed by atoms with Gasteiger partial charge >= 0.3 is 5.76 Å². The number of hydrogen-bond donors (Lipinski definition) is 1. The van der Waals surface area contributed by atoms with E-state index < -0.39 is 11.7 Å². The quantitative estimate of drug-likeness (QED) is 0.754. The largest absolute Gasteiger partial charge is 0.426 e. The summed E-state index contributed by atoms with van der Waals surface area (Å²) in [6.45, 7) is 0. The van der Waals surface area contributed by atoms with Gasteiger partial charge in [-0.3, -0.25) is 4.79 Å². The lowest BCUT2D eigenvalue weighted by Gasteiger charge is -2.02. The number of hydrogen-bond acceptors (Lipinski definition) is 4. The number of aromatic nitrogens is 1. The Morgan fingerprint density at radius 3 is 2.82 bits per heavy atom. The van der Waals surface area contributed by atoms with Crippen LogP contribution in [0.1, 0.15) is 16.8 Å². The molecule has 3 aromatic rings. The van der Waals surface area contributed by atoms with Gasteiger partial charge in [-0.2, -0.15) is 0 Å². The molecule has 0 spiro atoms. The molecule has 0 bridgehead atoms. The molecule has 112 valence electrons. The molecule has 0 saturated carbocycles. The van der Waals surface area contributed by atoms with Gasteiger partial charge in [-0.25, -0.2) is 13.8 Å². The van der Waals surface area contributed by atoms with Crippen LogP contribution >= 0.6 is 0 Å². The van der Waals surface area contributed by atoms with E-state index in [1.165, 1.54) is 18.2 Å². The molecule has 0 aliphatic rings. The highest BCUT2D eigenvalue weighted by molar-refractivity contribution is 5.90. The average Bonchev–Trinajstić information content (AvgIpc) is 2.80. The summed E-state index contributed by atoms with van der Waals surface area (Å²) in [5, 5.41) is 0. The van der Waals surface area contributed by atoms with Crippen LogP contribution in [0.2, 0.25) is 0 Å². The third kappa shape index (κ3) is 2.63. The molecule has 0 unspecified atom stereocenters. The van der Waals surface area contributed by atoms with Crippen molar-refractivity contribution in [3.8, 4) is 0 Å². The first-order chi connectivity index (χ1) is 10.5. The minimum Gasteiger partial charge on any atom is -0.407 e. The number of oxazole rings is 1. The Bertz CT molecular complexity index is 911. The van der Waals surface area contributed by atoms with Crippen LogP contribution in [0.3, 0.4) is 0 Å². The molecule has 0 saturated heterocycles. The van der Waals surface area contributed by atoms with E-state index in [2.05, 4.69) is 0 Å². The van der Waals surface area contributed by atoms with E-state index in [1.807, 2.05) is 0 Å². The Hall–Kier alpha value is -2.89. The number of anilines is 1. The second-order valence-electron chi connectivity index (χ2n) is 4.95. The number of nitrogens with zero attached hydrogens (tertiary/aromatic N) is 1. The van der Waals surface area contributed by atoms with Crippen LogP contribution in [0.25, 0.3) is 11.1 Å². The monoisotopic (exact) mass is 300 g/mol. The summed E-state index contributed by atoms with van der Waals surface area (Å²) >= 11 is 0. The number of benzene rings is 2. The summed E-state index contributed by atoms with van der Waals surface area (Å²) in [4.78, 5) is 24.1. The molecule has 0 aliphatic carbocycles. The summed E-state index contributed by atoms with van der Waals surface area (Å²) in [7, 11) is 0. The first-order valence-corrected chi connectivity index (χ1v) is 6.73. The van der Waals surface area contributed by atoms with Gasteiger partial charge in [0.15, 0.2) is 5.58 Å². The molecule has 0 atom stereocenters. The minimum absolute atomic E-state index is 0.0718. The maximum Gasteiger partial charge on any atom is 0.426 e. The maximum atomic E-state index is 13.1. The molecule has 0 amide bonds. The molecule has 6 heteroatoms. The van der Waals surface area contributed by atoms with E-state index in [-0.39, 0.29) is 17.8 Å². The lowest BCUT2D eigenvalue weighted by molar-refractivity contribution is 0.0899. The summed E-state index contributed by atoms with van der Waals surface area (Å²) in [6.07, 6.45) is 0.410. The number of halogens is 1. The molecule has 1 heterocycles. The SMILES string of the molecule is Nc1ccc2c(c1)oc(=O)n2C(=O)CCc1cccc(F)c1. The van der Waals surface area contributed by atoms with Crippen LogP contribution in [-0.4, -0.2) is 10.5 Å². The first-order valence-electron chi connectivity index (χ1n) is 6.73. The van der Waals surface area contributed by atoms with Crippen molar-refractivity contribution in [1.29, 1.82) is 0 Å². The van der Waals surface area contributed by atoms with E-state index in [4.69, 9.17) is 10.2 Å². The predicted octanol–water partition coefficient (Wildman–Crippen LogP) is 2.59. The highest BCUT2D eigenvalue weighted by Gasteiger charge is 2.16. The third-order valence-corrected chi connectivity index (χ3v) is 3.37. The zero-order valence-electron chi connectivity index (χ0n) is 11.6. The molecule has 0 fully saturated rings. The number of fused-ring (bicyclic) bond motifs is 1. The fourth-order valence-corrected chi connectivity index (χ4v) is 2.33. The second-order valence-corrected chi connectivity index (χ2v) is 4.95. The van der Waals surface area contributed by atoms with Crippen molar-refractivity contribution >= 4 is 22.7 Å². The Balaban J connectivity index is 1.86. The van der Waals surface area contributed by atoms with Crippen molar-refractivity contribution in [1.82, 2.24) is 4.57 Å². The van der Waals surface area contributed by atoms with Crippen molar-refractivity contribution < 1.29 is 13.6 Å². The van der Waals surface area contributed by atoms with Gasteiger partial charge in [0.25, 0.3) is 0 Å². The summed E-state index contributed by atoms with van der Waals surface area (Å²) < 4.78 is 19.1. The Morgan fingerprint density at radius 2 is 2.05 bits per heavy atom. The van der Waals surface area contributed by atoms with Gasteiger partial charge in [-0.15, -0.1) is 0 Å². The Kier molecular flexibility index (Phi) is 3.50. The fourth-order valence-electron chi connectivity index (χ4n) is 2.33. The molecule has 1 aromatic heterocycles. The molecular weight excluding hydrogens is 287 g/mol. The van der Waals surface area contributed by atoms with Crippen molar-refractivity contribution in [2.24, 2.45) is 0 Å². The van der Waals surface area contributed by atoms with Crippen molar-refractivity contribution in [3.63, 3.8) is 0 Å². The maximum absolute atomic E-state index is 13.1. The molecule has 3 rings (SSSR count). The predicted molar refractivity (Wildman–Crippen MR) is 80.2 cm³/mol.